The van der Waals surface area contributed by atoms with Crippen LogP contribution >= 0.6 is 11.3 Å². The summed E-state index contributed by atoms with van der Waals surface area (Å²) in [4.78, 5) is 12.3. The summed E-state index contributed by atoms with van der Waals surface area (Å²) in [6, 6.07) is 7.74. The summed E-state index contributed by atoms with van der Waals surface area (Å²) in [6.07, 6.45) is 3.91. The quantitative estimate of drug-likeness (QED) is 0.759. The fourth-order valence-electron chi connectivity index (χ4n) is 2.94. The summed E-state index contributed by atoms with van der Waals surface area (Å²) >= 11 is 1.37. The number of carbonyl (C=O) groups is 1. The SMILES string of the molecule is COc1ccc2c(ccn2CC(=O)Nc2nnc([C@H]3CCCO3)s2)c1. The first-order valence-electron chi connectivity index (χ1n) is 8.10. The van der Waals surface area contributed by atoms with Crippen LogP contribution in [0.4, 0.5) is 5.13 Å². The topological polar surface area (TPSA) is 78.3 Å². The van der Waals surface area contributed by atoms with Crippen molar-refractivity contribution >= 4 is 33.3 Å². The maximum Gasteiger partial charge on any atom is 0.246 e. The molecule has 3 aromatic rings. The number of ether oxygens (including phenoxy) is 2. The third kappa shape index (κ3) is 3.35. The van der Waals surface area contributed by atoms with Gasteiger partial charge in [-0.05, 0) is 37.1 Å². The Morgan fingerprint density at radius 1 is 1.44 bits per heavy atom. The lowest BCUT2D eigenvalue weighted by molar-refractivity contribution is -0.116. The number of hydrogen-bond donors (Lipinski definition) is 1. The van der Waals surface area contributed by atoms with Gasteiger partial charge in [-0.1, -0.05) is 11.3 Å². The molecule has 1 amide bonds. The number of methoxy groups -OCH3 is 1. The van der Waals surface area contributed by atoms with Gasteiger partial charge in [-0.2, -0.15) is 0 Å². The van der Waals surface area contributed by atoms with Crippen molar-refractivity contribution in [3.05, 3.63) is 35.5 Å². The van der Waals surface area contributed by atoms with Crippen molar-refractivity contribution in [2.75, 3.05) is 19.0 Å². The Kier molecular flexibility index (Phi) is 4.37. The maximum absolute atomic E-state index is 12.3. The number of rotatable bonds is 5. The molecule has 130 valence electrons. The molecule has 0 unspecified atom stereocenters. The molecule has 1 atom stereocenters. The van der Waals surface area contributed by atoms with Crippen molar-refractivity contribution in [2.24, 2.45) is 0 Å². The average Bonchev–Trinajstić information content (AvgIpc) is 3.35. The summed E-state index contributed by atoms with van der Waals surface area (Å²) < 4.78 is 12.7. The van der Waals surface area contributed by atoms with Crippen LogP contribution in [0.5, 0.6) is 5.75 Å². The van der Waals surface area contributed by atoms with E-state index in [0.717, 1.165) is 41.1 Å². The summed E-state index contributed by atoms with van der Waals surface area (Å²) in [7, 11) is 1.64. The number of nitrogens with zero attached hydrogens (tertiary/aromatic N) is 3. The van der Waals surface area contributed by atoms with Gasteiger partial charge in [-0.3, -0.25) is 10.1 Å². The van der Waals surface area contributed by atoms with E-state index in [1.165, 1.54) is 11.3 Å². The monoisotopic (exact) mass is 358 g/mol. The van der Waals surface area contributed by atoms with E-state index in [1.54, 1.807) is 7.11 Å². The van der Waals surface area contributed by atoms with E-state index in [0.29, 0.717) is 5.13 Å². The minimum atomic E-state index is -0.136. The molecule has 0 saturated carbocycles. The lowest BCUT2D eigenvalue weighted by Gasteiger charge is -2.06. The van der Waals surface area contributed by atoms with Crippen LogP contribution in [0.2, 0.25) is 0 Å². The zero-order chi connectivity index (χ0) is 17.2. The molecule has 2 aromatic heterocycles. The number of fused-ring (bicyclic) bond motifs is 1. The minimum Gasteiger partial charge on any atom is -0.497 e. The van der Waals surface area contributed by atoms with Crippen LogP contribution in [0.1, 0.15) is 24.0 Å². The molecule has 1 saturated heterocycles. The molecule has 0 spiro atoms. The van der Waals surface area contributed by atoms with Crippen LogP contribution in [0.3, 0.4) is 0 Å². The first-order chi connectivity index (χ1) is 12.2. The van der Waals surface area contributed by atoms with Gasteiger partial charge in [0.1, 0.15) is 23.4 Å². The van der Waals surface area contributed by atoms with Crippen molar-refractivity contribution in [1.29, 1.82) is 0 Å². The molecule has 1 N–H and O–H groups in total. The van der Waals surface area contributed by atoms with Gasteiger partial charge >= 0.3 is 0 Å². The number of benzene rings is 1. The fraction of sp³-hybridized carbons (Fsp3) is 0.353. The molecule has 1 aliphatic heterocycles. The third-order valence-electron chi connectivity index (χ3n) is 4.18. The van der Waals surface area contributed by atoms with Crippen molar-refractivity contribution in [2.45, 2.75) is 25.5 Å². The van der Waals surface area contributed by atoms with Crippen LogP contribution in [-0.2, 0) is 16.1 Å². The van der Waals surface area contributed by atoms with Crippen LogP contribution in [-0.4, -0.2) is 34.4 Å². The molecular weight excluding hydrogens is 340 g/mol. The lowest BCUT2D eigenvalue weighted by atomic mass is 10.2. The first kappa shape index (κ1) is 16.0. The standard InChI is InChI=1S/C17H18N4O3S/c1-23-12-4-5-13-11(9-12)6-7-21(13)10-15(22)18-17-20-19-16(25-17)14-3-2-8-24-14/h4-7,9,14H,2-3,8,10H2,1H3,(H,18,20,22)/t14-/m1/s1. The van der Waals surface area contributed by atoms with Gasteiger partial charge in [-0.25, -0.2) is 0 Å². The molecule has 0 bridgehead atoms. The van der Waals surface area contributed by atoms with Gasteiger partial charge in [0, 0.05) is 23.7 Å². The molecule has 0 radical (unpaired) electrons. The Balaban J connectivity index is 1.43. The van der Waals surface area contributed by atoms with E-state index in [2.05, 4.69) is 15.5 Å². The zero-order valence-corrected chi connectivity index (χ0v) is 14.6. The Bertz CT molecular complexity index is 898. The molecule has 8 heteroatoms. The number of nitrogens with one attached hydrogen (secondary N) is 1. The van der Waals surface area contributed by atoms with Gasteiger partial charge in [-0.15, -0.1) is 10.2 Å². The Hall–Kier alpha value is -2.45. The van der Waals surface area contributed by atoms with Gasteiger partial charge in [0.25, 0.3) is 0 Å². The van der Waals surface area contributed by atoms with Gasteiger partial charge in [0.2, 0.25) is 11.0 Å². The van der Waals surface area contributed by atoms with E-state index in [4.69, 9.17) is 9.47 Å². The smallest absolute Gasteiger partial charge is 0.246 e. The highest BCUT2D eigenvalue weighted by Gasteiger charge is 2.22. The highest BCUT2D eigenvalue weighted by Crippen LogP contribution is 2.31. The zero-order valence-electron chi connectivity index (χ0n) is 13.8. The predicted octanol–water partition coefficient (Wildman–Crippen LogP) is 2.99. The Morgan fingerprint density at radius 3 is 3.16 bits per heavy atom. The second kappa shape index (κ2) is 6.81. The van der Waals surface area contributed by atoms with Gasteiger partial charge in [0.05, 0.1) is 7.11 Å². The molecule has 1 aromatic carbocycles. The predicted molar refractivity (Wildman–Crippen MR) is 95.0 cm³/mol. The van der Waals surface area contributed by atoms with Gasteiger partial charge in [0.15, 0.2) is 0 Å². The van der Waals surface area contributed by atoms with E-state index < -0.39 is 0 Å². The summed E-state index contributed by atoms with van der Waals surface area (Å²) in [5.41, 5.74) is 0.980. The third-order valence-corrected chi connectivity index (χ3v) is 5.11. The number of amides is 1. The summed E-state index contributed by atoms with van der Waals surface area (Å²) in [5.74, 6) is 0.661. The minimum absolute atomic E-state index is 0.0199. The van der Waals surface area contributed by atoms with Crippen molar-refractivity contribution in [3.63, 3.8) is 0 Å². The second-order valence-electron chi connectivity index (χ2n) is 5.86. The number of carbonyl (C=O) groups excluding carboxylic acids is 1. The summed E-state index contributed by atoms with van der Waals surface area (Å²) in [6.45, 7) is 0.974. The number of hydrogen-bond acceptors (Lipinski definition) is 6. The number of anilines is 1. The van der Waals surface area contributed by atoms with Crippen molar-refractivity contribution in [1.82, 2.24) is 14.8 Å². The van der Waals surface area contributed by atoms with E-state index >= 15 is 0 Å². The first-order valence-corrected chi connectivity index (χ1v) is 8.92. The normalized spacial score (nSPS) is 17.1. The Labute approximate surface area is 148 Å². The molecule has 1 fully saturated rings. The molecule has 25 heavy (non-hydrogen) atoms. The lowest BCUT2D eigenvalue weighted by Crippen LogP contribution is -2.18. The van der Waals surface area contributed by atoms with Crippen molar-refractivity contribution < 1.29 is 14.3 Å². The van der Waals surface area contributed by atoms with E-state index in [-0.39, 0.29) is 18.6 Å². The maximum atomic E-state index is 12.3. The highest BCUT2D eigenvalue weighted by atomic mass is 32.1. The van der Waals surface area contributed by atoms with Crippen molar-refractivity contribution in [3.8, 4) is 5.75 Å². The molecule has 7 nitrogen and oxygen atoms in total. The van der Waals surface area contributed by atoms with E-state index in [1.807, 2.05) is 35.0 Å². The average molecular weight is 358 g/mol. The number of aromatic nitrogens is 3. The highest BCUT2D eigenvalue weighted by molar-refractivity contribution is 7.15. The van der Waals surface area contributed by atoms with Gasteiger partial charge < -0.3 is 14.0 Å². The molecule has 1 aliphatic rings. The van der Waals surface area contributed by atoms with E-state index in [9.17, 15) is 4.79 Å². The molecular formula is C17H18N4O3S. The van der Waals surface area contributed by atoms with Crippen LogP contribution < -0.4 is 10.1 Å². The Morgan fingerprint density at radius 2 is 2.36 bits per heavy atom. The molecule has 0 aliphatic carbocycles. The van der Waals surface area contributed by atoms with Crippen LogP contribution in [0.15, 0.2) is 30.5 Å². The fourth-order valence-corrected chi connectivity index (χ4v) is 3.79. The van der Waals surface area contributed by atoms with Crippen LogP contribution in [0, 0.1) is 0 Å². The largest absolute Gasteiger partial charge is 0.497 e. The molecule has 3 heterocycles. The second-order valence-corrected chi connectivity index (χ2v) is 6.87. The molecule has 4 rings (SSSR count). The summed E-state index contributed by atoms with van der Waals surface area (Å²) in [5, 5.41) is 13.4. The van der Waals surface area contributed by atoms with Crippen LogP contribution in [0.25, 0.3) is 10.9 Å².